The third-order valence-corrected chi connectivity index (χ3v) is 3.49. The zero-order valence-corrected chi connectivity index (χ0v) is 13.5. The average molecular weight is 291 g/mol. The Morgan fingerprint density at radius 2 is 1.95 bits per heavy atom. The number of benzene rings is 1. The number of carbonyl (C=O) groups is 2. The van der Waals surface area contributed by atoms with Crippen LogP contribution >= 0.6 is 0 Å². The van der Waals surface area contributed by atoms with E-state index in [9.17, 15) is 9.59 Å². The molecule has 0 aromatic heterocycles. The molecule has 1 aromatic carbocycles. The summed E-state index contributed by atoms with van der Waals surface area (Å²) in [6, 6.07) is 5.52. The molecule has 116 valence electrons. The van der Waals surface area contributed by atoms with Crippen LogP contribution in [0.5, 0.6) is 0 Å². The first-order chi connectivity index (χ1) is 9.85. The van der Waals surface area contributed by atoms with Crippen molar-refractivity contribution < 1.29 is 9.59 Å². The number of hydrogen-bond donors (Lipinski definition) is 2. The summed E-state index contributed by atoms with van der Waals surface area (Å²) in [5.74, 6) is -0.129. The zero-order valence-electron chi connectivity index (χ0n) is 13.5. The van der Waals surface area contributed by atoms with E-state index in [1.54, 1.807) is 18.0 Å². The maximum absolute atomic E-state index is 12.2. The van der Waals surface area contributed by atoms with E-state index in [0.29, 0.717) is 11.4 Å². The van der Waals surface area contributed by atoms with E-state index in [1.165, 1.54) is 6.92 Å². The number of aryl methyl sites for hydroxylation is 1. The van der Waals surface area contributed by atoms with E-state index in [-0.39, 0.29) is 18.0 Å². The van der Waals surface area contributed by atoms with Crippen LogP contribution in [0.15, 0.2) is 18.2 Å². The van der Waals surface area contributed by atoms with Crippen LogP contribution in [0, 0.1) is 6.92 Å². The van der Waals surface area contributed by atoms with Crippen molar-refractivity contribution in [2.75, 3.05) is 17.7 Å². The lowest BCUT2D eigenvalue weighted by Gasteiger charge is -2.25. The molecule has 0 bridgehead atoms. The van der Waals surface area contributed by atoms with Gasteiger partial charge in [-0.15, -0.1) is 0 Å². The number of nitrogens with zero attached hydrogens (tertiary/aromatic N) is 1. The fourth-order valence-corrected chi connectivity index (χ4v) is 2.05. The predicted octanol–water partition coefficient (Wildman–Crippen LogP) is 3.61. The molecule has 0 aliphatic carbocycles. The molecular weight excluding hydrogens is 266 g/mol. The Morgan fingerprint density at radius 3 is 2.52 bits per heavy atom. The van der Waals surface area contributed by atoms with Gasteiger partial charge in [-0.05, 0) is 38.0 Å². The van der Waals surface area contributed by atoms with Crippen molar-refractivity contribution in [2.24, 2.45) is 0 Å². The number of anilines is 2. The van der Waals surface area contributed by atoms with Crippen LogP contribution < -0.4 is 10.6 Å². The molecule has 1 rings (SSSR count). The maximum Gasteiger partial charge on any atom is 0.321 e. The summed E-state index contributed by atoms with van der Waals surface area (Å²) in [7, 11) is 1.79. The summed E-state index contributed by atoms with van der Waals surface area (Å²) in [5.41, 5.74) is 2.34. The molecular formula is C16H25N3O2. The highest BCUT2D eigenvalue weighted by atomic mass is 16.2. The van der Waals surface area contributed by atoms with Crippen LogP contribution in [0.25, 0.3) is 0 Å². The number of nitrogens with one attached hydrogen (secondary N) is 2. The van der Waals surface area contributed by atoms with Crippen LogP contribution in [0.2, 0.25) is 0 Å². The van der Waals surface area contributed by atoms with Crippen LogP contribution in [-0.2, 0) is 4.79 Å². The first-order valence-electron chi connectivity index (χ1n) is 7.27. The number of hydrogen-bond acceptors (Lipinski definition) is 2. The molecule has 0 fully saturated rings. The Bertz CT molecular complexity index is 514. The standard InChI is InChI=1S/C16H25N3O2/c1-6-7-12(3)19(5)16(21)18-14-9-8-11(2)15(10-14)17-13(4)20/h8-10,12H,6-7H2,1-5H3,(H,17,20)(H,18,21). The monoisotopic (exact) mass is 291 g/mol. The molecule has 21 heavy (non-hydrogen) atoms. The molecule has 5 heteroatoms. The van der Waals surface area contributed by atoms with E-state index >= 15 is 0 Å². The Kier molecular flexibility index (Phi) is 6.21. The molecule has 0 heterocycles. The van der Waals surface area contributed by atoms with Crippen molar-refractivity contribution in [1.82, 2.24) is 4.90 Å². The number of urea groups is 1. The topological polar surface area (TPSA) is 61.4 Å². The molecule has 2 N–H and O–H groups in total. The second-order valence-electron chi connectivity index (χ2n) is 5.39. The summed E-state index contributed by atoms with van der Waals surface area (Å²) in [6.07, 6.45) is 2.00. The Balaban J connectivity index is 2.78. The number of carbonyl (C=O) groups excluding carboxylic acids is 2. The van der Waals surface area contributed by atoms with Gasteiger partial charge in [-0.1, -0.05) is 19.4 Å². The summed E-state index contributed by atoms with van der Waals surface area (Å²) < 4.78 is 0. The van der Waals surface area contributed by atoms with Gasteiger partial charge >= 0.3 is 6.03 Å². The number of rotatable bonds is 5. The van der Waals surface area contributed by atoms with Gasteiger partial charge < -0.3 is 15.5 Å². The fraction of sp³-hybridized carbons (Fsp3) is 0.500. The molecule has 0 aliphatic rings. The molecule has 3 amide bonds. The van der Waals surface area contributed by atoms with Gasteiger partial charge in [0.05, 0.1) is 0 Å². The first kappa shape index (κ1) is 17.0. The molecule has 1 atom stereocenters. The van der Waals surface area contributed by atoms with Gasteiger partial charge in [-0.2, -0.15) is 0 Å². The van der Waals surface area contributed by atoms with E-state index in [2.05, 4.69) is 17.6 Å². The highest BCUT2D eigenvalue weighted by molar-refractivity contribution is 5.93. The normalized spacial score (nSPS) is 11.7. The Morgan fingerprint density at radius 1 is 1.29 bits per heavy atom. The van der Waals surface area contributed by atoms with E-state index in [4.69, 9.17) is 0 Å². The summed E-state index contributed by atoms with van der Waals surface area (Å²) in [6.45, 7) is 7.50. The van der Waals surface area contributed by atoms with E-state index in [1.807, 2.05) is 26.0 Å². The average Bonchev–Trinajstić information content (AvgIpc) is 2.41. The SMILES string of the molecule is CCCC(C)N(C)C(=O)Nc1ccc(C)c(NC(C)=O)c1. The summed E-state index contributed by atoms with van der Waals surface area (Å²) in [4.78, 5) is 25.0. The van der Waals surface area contributed by atoms with Crippen LogP contribution in [0.1, 0.15) is 39.2 Å². The lowest BCUT2D eigenvalue weighted by atomic mass is 10.1. The molecule has 0 saturated carbocycles. The highest BCUT2D eigenvalue weighted by Crippen LogP contribution is 2.20. The van der Waals surface area contributed by atoms with Gasteiger partial charge in [0.2, 0.25) is 5.91 Å². The van der Waals surface area contributed by atoms with Crippen LogP contribution in [-0.4, -0.2) is 29.9 Å². The van der Waals surface area contributed by atoms with Crippen molar-refractivity contribution in [3.05, 3.63) is 23.8 Å². The lowest BCUT2D eigenvalue weighted by molar-refractivity contribution is -0.114. The third kappa shape index (κ3) is 5.10. The van der Waals surface area contributed by atoms with Gasteiger partial charge in [-0.3, -0.25) is 4.79 Å². The van der Waals surface area contributed by atoms with Crippen LogP contribution in [0.3, 0.4) is 0 Å². The highest BCUT2D eigenvalue weighted by Gasteiger charge is 2.15. The smallest absolute Gasteiger partial charge is 0.321 e. The minimum atomic E-state index is -0.145. The minimum Gasteiger partial charge on any atom is -0.326 e. The quantitative estimate of drug-likeness (QED) is 0.870. The fourth-order valence-electron chi connectivity index (χ4n) is 2.05. The largest absolute Gasteiger partial charge is 0.326 e. The molecule has 0 aliphatic heterocycles. The van der Waals surface area contributed by atoms with E-state index < -0.39 is 0 Å². The zero-order chi connectivity index (χ0) is 16.0. The van der Waals surface area contributed by atoms with E-state index in [0.717, 1.165) is 18.4 Å². The first-order valence-corrected chi connectivity index (χ1v) is 7.27. The molecule has 1 unspecified atom stereocenters. The molecule has 5 nitrogen and oxygen atoms in total. The maximum atomic E-state index is 12.2. The summed E-state index contributed by atoms with van der Waals surface area (Å²) >= 11 is 0. The van der Waals surface area contributed by atoms with Crippen molar-refractivity contribution in [3.8, 4) is 0 Å². The van der Waals surface area contributed by atoms with Crippen molar-refractivity contribution in [2.45, 2.75) is 46.6 Å². The minimum absolute atomic E-state index is 0.129. The second kappa shape index (κ2) is 7.67. The van der Waals surface area contributed by atoms with Gasteiger partial charge in [0.15, 0.2) is 0 Å². The molecule has 0 radical (unpaired) electrons. The van der Waals surface area contributed by atoms with Crippen LogP contribution in [0.4, 0.5) is 16.2 Å². The molecule has 0 saturated heterocycles. The van der Waals surface area contributed by atoms with Gasteiger partial charge in [0, 0.05) is 31.4 Å². The Hall–Kier alpha value is -2.04. The lowest BCUT2D eigenvalue weighted by Crippen LogP contribution is -2.38. The van der Waals surface area contributed by atoms with Crippen molar-refractivity contribution in [1.29, 1.82) is 0 Å². The van der Waals surface area contributed by atoms with Crippen molar-refractivity contribution >= 4 is 23.3 Å². The van der Waals surface area contributed by atoms with Gasteiger partial charge in [0.25, 0.3) is 0 Å². The Labute approximate surface area is 126 Å². The second-order valence-corrected chi connectivity index (χ2v) is 5.39. The third-order valence-electron chi connectivity index (χ3n) is 3.49. The van der Waals surface area contributed by atoms with Gasteiger partial charge in [0.1, 0.15) is 0 Å². The number of amides is 3. The molecule has 1 aromatic rings. The molecule has 0 spiro atoms. The summed E-state index contributed by atoms with van der Waals surface area (Å²) in [5, 5.41) is 5.61. The predicted molar refractivity (Wildman–Crippen MR) is 86.6 cm³/mol. The van der Waals surface area contributed by atoms with Crippen molar-refractivity contribution in [3.63, 3.8) is 0 Å². The van der Waals surface area contributed by atoms with Gasteiger partial charge in [-0.25, -0.2) is 4.79 Å².